The van der Waals surface area contributed by atoms with E-state index in [1.165, 1.54) is 189 Å². The van der Waals surface area contributed by atoms with Gasteiger partial charge in [0.2, 0.25) is 0 Å². The Morgan fingerprint density at radius 3 is 0.413 bits per heavy atom. The molecule has 8 atom stereocenters. The van der Waals surface area contributed by atoms with Gasteiger partial charge in [-0.25, -0.2) is 59.5 Å². The number of hydrogen-bond donors (Lipinski definition) is 0. The normalized spacial score (nSPS) is 19.5. The van der Waals surface area contributed by atoms with Crippen molar-refractivity contribution in [1.29, 1.82) is 0 Å². The molecule has 4 aromatic carbocycles. The minimum Gasteiger partial charge on any atom is -0.418 e. The van der Waals surface area contributed by atoms with E-state index in [1.54, 1.807) is 0 Å². The number of benzene rings is 4. The summed E-state index contributed by atoms with van der Waals surface area (Å²) in [5, 5.41) is 0. The summed E-state index contributed by atoms with van der Waals surface area (Å²) in [7, 11) is -31.7. The molecule has 138 heavy (non-hydrogen) atoms. The first-order valence-electron chi connectivity index (χ1n) is 45.8. The molecule has 0 spiro atoms. The van der Waals surface area contributed by atoms with Crippen LogP contribution in [-0.2, 0) is 59.2 Å². The molecule has 12 nitrogen and oxygen atoms in total. The van der Waals surface area contributed by atoms with E-state index in [4.69, 9.17) is 39.9 Å². The topological polar surface area (TPSA) is 116 Å². The SMILES string of the molecule is Cc1ccc(CN2C[PH+](c3ccccn3)CCCC[PH+](c3ccccn3)CN(Cc3ccc(C)cc3)C[PH+](c3ccccn3)CCCC[PH+](c3ccccn3)C2)cc1.Cc1ccc(CN2C[PH+](c3ccccn3)CCCC[PH+](c3ccccn3)CN(Cc3ccc(C)cc3)C[PH+](c3ccccn3)CCCC[PH+](c3ccccn3)C2)cc1.F[B-](F)(F)F.F[B-](F)(F)F.F[B-](F)(F)F.F[B-](F)(F)F.[Ni+2].[Ni+2]. The Balaban J connectivity index is 0.000000310. The Kier molecular flexibility index (Phi) is 54.6. The number of aromatic nitrogens is 8. The zero-order valence-electron chi connectivity index (χ0n) is 77.9. The zero-order chi connectivity index (χ0) is 97.6. The van der Waals surface area contributed by atoms with Gasteiger partial charge in [-0.05, 0) is 198 Å². The van der Waals surface area contributed by atoms with E-state index >= 15 is 0 Å². The van der Waals surface area contributed by atoms with Crippen LogP contribution in [0.3, 0.4) is 0 Å². The fraction of sp³-hybridized carbons (Fsp3) is 0.333. The van der Waals surface area contributed by atoms with Gasteiger partial charge in [0.15, 0.2) is 43.5 Å². The van der Waals surface area contributed by atoms with E-state index in [0.29, 0.717) is 0 Å². The third-order valence-electron chi connectivity index (χ3n) is 22.5. The van der Waals surface area contributed by atoms with Crippen LogP contribution in [0, 0.1) is 27.7 Å². The molecule has 2 fully saturated rings. The van der Waals surface area contributed by atoms with Crippen LogP contribution in [0.5, 0.6) is 0 Å². The van der Waals surface area contributed by atoms with Crippen molar-refractivity contribution in [3.63, 3.8) is 0 Å². The molecule has 0 radical (unpaired) electrons. The third-order valence-corrected chi connectivity index (χ3v) is 44.9. The predicted molar refractivity (Wildman–Crippen MR) is 560 cm³/mol. The van der Waals surface area contributed by atoms with Gasteiger partial charge >= 0.3 is 62.0 Å². The van der Waals surface area contributed by atoms with Crippen molar-refractivity contribution in [3.05, 3.63) is 337 Å². The molecule has 0 amide bonds. The Morgan fingerprint density at radius 1 is 0.196 bits per heavy atom. The molecular formula is C96H124B4F16N12Ni2P8+8. The fourth-order valence-corrected chi connectivity index (χ4v) is 38.0. The van der Waals surface area contributed by atoms with Gasteiger partial charge in [-0.1, -0.05) is 168 Å². The maximum Gasteiger partial charge on any atom is 2.00 e. The van der Waals surface area contributed by atoms with Crippen LogP contribution in [0.4, 0.5) is 69.1 Å². The number of pyridine rings is 8. The second-order valence-corrected chi connectivity index (χ2v) is 54.2. The molecule has 2 saturated heterocycles. The van der Waals surface area contributed by atoms with E-state index in [9.17, 15) is 69.1 Å². The standard InChI is InChI=1S/2C48H58N6P4.4BF4.2Ni/c2*1-41-19-23-43(24-20-41)35-53-37-55(45-15-3-7-27-49-45)31-11-13-33-57(47-17-5-9-29-51-47)39-54(36-44-25-21-42(2)22-26-44)40-58(48-18-6-10-30-52-48)34-14-12-32-56(38-53)46-16-4-8-28-50-46;4*2-1(3,4)5;;/h2*3-10,15-30H,11-14,31-40H2,1-2H3;;;;;;/q;;4*-1;2*+2/p+8. The van der Waals surface area contributed by atoms with Gasteiger partial charge in [0.25, 0.3) is 0 Å². The van der Waals surface area contributed by atoms with Crippen LogP contribution in [0.2, 0.25) is 0 Å². The third kappa shape index (κ3) is 50.6. The largest absolute Gasteiger partial charge is 2.00 e. The van der Waals surface area contributed by atoms with Crippen LogP contribution in [0.15, 0.2) is 292 Å². The fourth-order valence-electron chi connectivity index (χ4n) is 16.2. The zero-order valence-corrected chi connectivity index (χ0v) is 87.8. The first-order valence-corrected chi connectivity index (χ1v) is 61.1. The molecule has 12 aromatic rings. The van der Waals surface area contributed by atoms with Crippen molar-refractivity contribution in [2.75, 3.05) is 99.6 Å². The van der Waals surface area contributed by atoms with Gasteiger partial charge in [0, 0.05) is 75.8 Å². The molecular weight excluding hydrogens is 2030 g/mol. The molecule has 744 valence electrons. The Hall–Kier alpha value is -6.51. The predicted octanol–water partition coefficient (Wildman–Crippen LogP) is 22.7. The summed E-state index contributed by atoms with van der Waals surface area (Å²) < 4.78 is 156. The molecule has 2 aliphatic heterocycles. The summed E-state index contributed by atoms with van der Waals surface area (Å²) in [4.78, 5) is 51.5. The van der Waals surface area contributed by atoms with Gasteiger partial charge in [0.1, 0.15) is 50.3 Å². The summed E-state index contributed by atoms with van der Waals surface area (Å²) in [6.45, 7) is 12.6. The molecule has 8 aromatic heterocycles. The molecule has 0 bridgehead atoms. The molecule has 10 heterocycles. The maximum absolute atomic E-state index is 9.75. The molecule has 0 saturated carbocycles. The van der Waals surface area contributed by atoms with E-state index < -0.39 is 92.4 Å². The monoisotopic (exact) mass is 2160 g/mol. The van der Waals surface area contributed by atoms with Crippen molar-refractivity contribution in [3.8, 4) is 0 Å². The molecule has 8 unspecified atom stereocenters. The summed E-state index contributed by atoms with van der Waals surface area (Å²) in [6, 6.07) is 89.5. The molecule has 42 heteroatoms. The molecule has 0 N–H and O–H groups in total. The summed E-state index contributed by atoms with van der Waals surface area (Å²) >= 11 is 0. The van der Waals surface area contributed by atoms with E-state index in [2.05, 4.69) is 290 Å². The smallest absolute Gasteiger partial charge is 0.418 e. The minimum atomic E-state index is -6.00. The van der Waals surface area contributed by atoms with Crippen LogP contribution < -0.4 is 43.5 Å². The molecule has 2 aliphatic rings. The Bertz CT molecular complexity index is 4350. The average molecular weight is 2160 g/mol. The van der Waals surface area contributed by atoms with Gasteiger partial charge in [0.05, 0.1) is 113 Å². The van der Waals surface area contributed by atoms with Crippen molar-refractivity contribution in [1.82, 2.24) is 59.5 Å². The van der Waals surface area contributed by atoms with Gasteiger partial charge in [-0.15, -0.1) is 0 Å². The molecule has 0 aliphatic carbocycles. The second kappa shape index (κ2) is 63.6. The van der Waals surface area contributed by atoms with Crippen molar-refractivity contribution in [2.24, 2.45) is 0 Å². The average Bonchev–Trinajstić information content (AvgIpc) is 0.849. The van der Waals surface area contributed by atoms with Crippen LogP contribution in [-0.4, -0.2) is 188 Å². The quantitative estimate of drug-likeness (QED) is 0.0521. The second-order valence-electron chi connectivity index (χ2n) is 33.9. The summed E-state index contributed by atoms with van der Waals surface area (Å²) in [6.07, 6.45) is 44.6. The summed E-state index contributed by atoms with van der Waals surface area (Å²) in [5.41, 5.74) is 21.5. The minimum absolute atomic E-state index is 0. The number of hydrogen-bond acceptors (Lipinski definition) is 12. The summed E-state index contributed by atoms with van der Waals surface area (Å²) in [5.74, 6) is 0. The van der Waals surface area contributed by atoms with E-state index in [1.807, 2.05) is 49.6 Å². The maximum atomic E-state index is 9.75. The number of nitrogens with zero attached hydrogens (tertiary/aromatic N) is 12. The number of halogens is 16. The van der Waals surface area contributed by atoms with E-state index in [-0.39, 0.29) is 33.0 Å². The van der Waals surface area contributed by atoms with Gasteiger partial charge in [-0.2, -0.15) is 0 Å². The molecule has 14 rings (SSSR count). The van der Waals surface area contributed by atoms with Crippen molar-refractivity contribution in [2.45, 2.75) is 105 Å². The first kappa shape index (κ1) is 118. The van der Waals surface area contributed by atoms with Crippen LogP contribution >= 0.6 is 63.4 Å². The van der Waals surface area contributed by atoms with Crippen molar-refractivity contribution < 1.29 is 102 Å². The number of aryl methyl sites for hydroxylation is 4. The van der Waals surface area contributed by atoms with Crippen LogP contribution in [0.25, 0.3) is 0 Å². The van der Waals surface area contributed by atoms with E-state index in [0.717, 1.165) is 76.5 Å². The Labute approximate surface area is 833 Å². The Morgan fingerprint density at radius 2 is 0.312 bits per heavy atom. The van der Waals surface area contributed by atoms with Crippen LogP contribution in [0.1, 0.15) is 95.9 Å². The number of rotatable bonds is 16. The van der Waals surface area contributed by atoms with Crippen molar-refractivity contribution >= 4 is 136 Å². The van der Waals surface area contributed by atoms with Gasteiger partial charge in [-0.3, -0.25) is 0 Å². The van der Waals surface area contributed by atoms with Gasteiger partial charge < -0.3 is 69.1 Å². The first-order chi connectivity index (χ1) is 65.1.